The number of halogens is 3. The molecular formula is C12H13Cl3O3. The smallest absolute Gasteiger partial charge is 0.305 e. The number of benzene rings is 1. The molecule has 1 aromatic carbocycles. The average Bonchev–Trinajstić information content (AvgIpc) is 2.27. The topological polar surface area (TPSA) is 35.5 Å². The van der Waals surface area contributed by atoms with Crippen LogP contribution in [0.2, 0.25) is 0 Å². The largest absolute Gasteiger partial charge is 0.431 e. The molecule has 3 nitrogen and oxygen atoms in total. The van der Waals surface area contributed by atoms with E-state index in [2.05, 4.69) is 0 Å². The number of alkyl halides is 3. The molecule has 1 aromatic rings. The van der Waals surface area contributed by atoms with E-state index < -0.39 is 16.1 Å². The van der Waals surface area contributed by atoms with Gasteiger partial charge in [-0.25, -0.2) is 0 Å². The SMILES string of the molecule is CC(=O)OC(OCCc1ccccc1)C(Cl)(Cl)Cl. The molecule has 0 bridgehead atoms. The summed E-state index contributed by atoms with van der Waals surface area (Å²) in [5, 5.41) is 0. The number of hydrogen-bond donors (Lipinski definition) is 0. The second-order valence-electron chi connectivity index (χ2n) is 3.59. The number of rotatable bonds is 5. The van der Waals surface area contributed by atoms with Gasteiger partial charge >= 0.3 is 5.97 Å². The summed E-state index contributed by atoms with van der Waals surface area (Å²) in [6.45, 7) is 1.51. The summed E-state index contributed by atoms with van der Waals surface area (Å²) in [6.07, 6.45) is -0.567. The second kappa shape index (κ2) is 7.19. The van der Waals surface area contributed by atoms with Crippen LogP contribution >= 0.6 is 34.8 Å². The maximum atomic E-state index is 10.9. The van der Waals surface area contributed by atoms with Crippen LogP contribution in [0, 0.1) is 0 Å². The number of hydrogen-bond acceptors (Lipinski definition) is 3. The van der Waals surface area contributed by atoms with Crippen molar-refractivity contribution in [1.82, 2.24) is 0 Å². The van der Waals surface area contributed by atoms with Gasteiger partial charge < -0.3 is 9.47 Å². The fourth-order valence-corrected chi connectivity index (χ4v) is 1.60. The van der Waals surface area contributed by atoms with Crippen LogP contribution in [-0.2, 0) is 20.7 Å². The Morgan fingerprint density at radius 3 is 2.39 bits per heavy atom. The maximum absolute atomic E-state index is 10.9. The first-order valence-electron chi connectivity index (χ1n) is 5.29. The third kappa shape index (κ3) is 5.91. The van der Waals surface area contributed by atoms with Crippen molar-refractivity contribution in [3.63, 3.8) is 0 Å². The van der Waals surface area contributed by atoms with Gasteiger partial charge in [0.2, 0.25) is 0 Å². The number of carbonyl (C=O) groups excluding carboxylic acids is 1. The molecule has 0 aromatic heterocycles. The molecule has 0 aliphatic carbocycles. The highest BCUT2D eigenvalue weighted by Crippen LogP contribution is 2.33. The van der Waals surface area contributed by atoms with Crippen LogP contribution in [0.15, 0.2) is 30.3 Å². The molecule has 1 atom stereocenters. The van der Waals surface area contributed by atoms with E-state index in [1.54, 1.807) is 0 Å². The van der Waals surface area contributed by atoms with Crippen LogP contribution in [0.1, 0.15) is 12.5 Å². The van der Waals surface area contributed by atoms with Crippen molar-refractivity contribution in [1.29, 1.82) is 0 Å². The minimum Gasteiger partial charge on any atom is -0.431 e. The first-order valence-corrected chi connectivity index (χ1v) is 6.42. The fourth-order valence-electron chi connectivity index (χ4n) is 1.27. The van der Waals surface area contributed by atoms with Gasteiger partial charge in [0, 0.05) is 6.92 Å². The van der Waals surface area contributed by atoms with Gasteiger partial charge in [-0.15, -0.1) is 0 Å². The zero-order chi connectivity index (χ0) is 13.6. The first kappa shape index (κ1) is 15.6. The molecule has 0 spiro atoms. The Morgan fingerprint density at radius 1 is 1.28 bits per heavy atom. The van der Waals surface area contributed by atoms with E-state index in [1.807, 2.05) is 30.3 Å². The van der Waals surface area contributed by atoms with Crippen LogP contribution in [0.3, 0.4) is 0 Å². The zero-order valence-corrected chi connectivity index (χ0v) is 12.0. The van der Waals surface area contributed by atoms with E-state index in [0.29, 0.717) is 6.42 Å². The Kier molecular flexibility index (Phi) is 6.22. The van der Waals surface area contributed by atoms with E-state index in [4.69, 9.17) is 44.3 Å². The van der Waals surface area contributed by atoms with Crippen molar-refractivity contribution in [2.75, 3.05) is 6.61 Å². The Balaban J connectivity index is 2.45. The predicted molar refractivity (Wildman–Crippen MR) is 71.9 cm³/mol. The highest BCUT2D eigenvalue weighted by atomic mass is 35.6. The van der Waals surface area contributed by atoms with E-state index in [-0.39, 0.29) is 6.61 Å². The van der Waals surface area contributed by atoms with E-state index >= 15 is 0 Å². The van der Waals surface area contributed by atoms with Crippen LogP contribution in [0.4, 0.5) is 0 Å². The summed E-state index contributed by atoms with van der Waals surface area (Å²) in [4.78, 5) is 10.9. The summed E-state index contributed by atoms with van der Waals surface area (Å²) in [7, 11) is 0. The van der Waals surface area contributed by atoms with Gasteiger partial charge in [0.25, 0.3) is 10.1 Å². The zero-order valence-electron chi connectivity index (χ0n) is 9.74. The van der Waals surface area contributed by atoms with Crippen LogP contribution in [0.25, 0.3) is 0 Å². The van der Waals surface area contributed by atoms with Crippen LogP contribution in [0.5, 0.6) is 0 Å². The van der Waals surface area contributed by atoms with Gasteiger partial charge in [0.15, 0.2) is 0 Å². The molecule has 0 aliphatic heterocycles. The lowest BCUT2D eigenvalue weighted by Crippen LogP contribution is -2.33. The van der Waals surface area contributed by atoms with Crippen molar-refractivity contribution < 1.29 is 14.3 Å². The van der Waals surface area contributed by atoms with Gasteiger partial charge in [0.1, 0.15) is 0 Å². The normalized spacial score (nSPS) is 13.1. The third-order valence-corrected chi connectivity index (χ3v) is 2.58. The molecule has 0 heterocycles. The summed E-state index contributed by atoms with van der Waals surface area (Å²) in [6, 6.07) is 9.69. The lowest BCUT2D eigenvalue weighted by Gasteiger charge is -2.23. The third-order valence-electron chi connectivity index (χ3n) is 2.04. The Hall–Kier alpha value is -0.480. The van der Waals surface area contributed by atoms with Gasteiger partial charge in [-0.05, 0) is 12.0 Å². The van der Waals surface area contributed by atoms with Crippen molar-refractivity contribution in [2.24, 2.45) is 0 Å². The summed E-state index contributed by atoms with van der Waals surface area (Å²) >= 11 is 17.0. The summed E-state index contributed by atoms with van der Waals surface area (Å²) in [5.74, 6) is -0.564. The monoisotopic (exact) mass is 310 g/mol. The minimum atomic E-state index is -1.80. The lowest BCUT2D eigenvalue weighted by molar-refractivity contribution is -0.175. The Morgan fingerprint density at radius 2 is 1.89 bits per heavy atom. The van der Waals surface area contributed by atoms with Gasteiger partial charge in [-0.1, -0.05) is 65.1 Å². The quantitative estimate of drug-likeness (QED) is 0.474. The number of carbonyl (C=O) groups is 1. The minimum absolute atomic E-state index is 0.288. The first-order chi connectivity index (χ1) is 8.39. The Bertz CT molecular complexity index is 376. The van der Waals surface area contributed by atoms with Crippen molar-refractivity contribution >= 4 is 40.8 Å². The summed E-state index contributed by atoms with van der Waals surface area (Å²) in [5.41, 5.74) is 1.09. The van der Waals surface area contributed by atoms with Crippen LogP contribution < -0.4 is 0 Å². The Labute approximate surface area is 121 Å². The van der Waals surface area contributed by atoms with E-state index in [1.165, 1.54) is 6.92 Å². The maximum Gasteiger partial charge on any atom is 0.305 e. The molecule has 100 valence electrons. The molecule has 0 fully saturated rings. The van der Waals surface area contributed by atoms with Crippen molar-refractivity contribution in [3.05, 3.63) is 35.9 Å². The van der Waals surface area contributed by atoms with Gasteiger partial charge in [0.05, 0.1) is 6.61 Å². The van der Waals surface area contributed by atoms with Crippen LogP contribution in [-0.4, -0.2) is 22.7 Å². The highest BCUT2D eigenvalue weighted by molar-refractivity contribution is 6.68. The lowest BCUT2D eigenvalue weighted by atomic mass is 10.2. The predicted octanol–water partition coefficient (Wildman–Crippen LogP) is 3.51. The molecule has 0 amide bonds. The summed E-state index contributed by atoms with van der Waals surface area (Å²) < 4.78 is 8.27. The fraction of sp³-hybridized carbons (Fsp3) is 0.417. The van der Waals surface area contributed by atoms with Gasteiger partial charge in [-0.2, -0.15) is 0 Å². The van der Waals surface area contributed by atoms with Crippen molar-refractivity contribution in [3.8, 4) is 0 Å². The standard InChI is InChI=1S/C12H13Cl3O3/c1-9(16)18-11(12(13,14)15)17-8-7-10-5-3-2-4-6-10/h2-6,11H,7-8H2,1H3. The molecule has 1 unspecified atom stereocenters. The second-order valence-corrected chi connectivity index (χ2v) is 5.96. The molecule has 0 radical (unpaired) electrons. The molecule has 0 saturated heterocycles. The molecular weight excluding hydrogens is 298 g/mol. The van der Waals surface area contributed by atoms with E-state index in [9.17, 15) is 4.79 Å². The van der Waals surface area contributed by atoms with Crippen molar-refractivity contribution in [2.45, 2.75) is 23.4 Å². The molecule has 1 rings (SSSR count). The number of esters is 1. The number of ether oxygens (including phenoxy) is 2. The van der Waals surface area contributed by atoms with E-state index in [0.717, 1.165) is 5.56 Å². The molecule has 0 aliphatic rings. The molecule has 6 heteroatoms. The highest BCUT2D eigenvalue weighted by Gasteiger charge is 2.36. The average molecular weight is 312 g/mol. The van der Waals surface area contributed by atoms with Gasteiger partial charge in [-0.3, -0.25) is 4.79 Å². The molecule has 0 N–H and O–H groups in total. The molecule has 0 saturated carbocycles. The molecule has 18 heavy (non-hydrogen) atoms.